The number of aromatic nitrogens is 1. The van der Waals surface area contributed by atoms with Crippen LogP contribution in [0, 0.1) is 13.8 Å². The molecule has 2 nitrogen and oxygen atoms in total. The molecular weight excluding hydrogens is 267 g/mol. The smallest absolute Gasteiger partial charge is 0.339 e. The molecule has 0 saturated carbocycles. The topological polar surface area (TPSA) is 22.0 Å². The van der Waals surface area contributed by atoms with Crippen molar-refractivity contribution in [1.82, 2.24) is 4.57 Å². The summed E-state index contributed by atoms with van der Waals surface area (Å²) in [5.41, 5.74) is 1.17. The van der Waals surface area contributed by atoms with Crippen LogP contribution >= 0.6 is 11.6 Å². The van der Waals surface area contributed by atoms with Crippen molar-refractivity contribution in [3.63, 3.8) is 0 Å². The molecule has 0 aliphatic carbocycles. The lowest BCUT2D eigenvalue weighted by molar-refractivity contribution is -0.141. The molecule has 0 aromatic carbocycles. The highest BCUT2D eigenvalue weighted by atomic mass is 35.5. The summed E-state index contributed by atoms with van der Waals surface area (Å²) in [6.45, 7) is 2.04. The van der Waals surface area contributed by atoms with Crippen molar-refractivity contribution >= 4 is 17.4 Å². The number of hydrogen-bond acceptors (Lipinski definition) is 1. The largest absolute Gasteiger partial charge is 0.406 e. The summed E-state index contributed by atoms with van der Waals surface area (Å²) in [6, 6.07) is 1.51. The molecule has 1 aromatic heterocycles. The Kier molecular flexibility index (Phi) is 4.85. The summed E-state index contributed by atoms with van der Waals surface area (Å²) in [5, 5.41) is 0. The van der Waals surface area contributed by atoms with E-state index in [0.717, 1.165) is 4.57 Å². The molecular formula is C12H15ClF3NO. The van der Waals surface area contributed by atoms with Crippen LogP contribution in [0.2, 0.25) is 0 Å². The lowest BCUT2D eigenvalue weighted by atomic mass is 10.1. The van der Waals surface area contributed by atoms with Crippen LogP contribution in [0.15, 0.2) is 6.07 Å². The van der Waals surface area contributed by atoms with Crippen molar-refractivity contribution < 1.29 is 18.0 Å². The number of alkyl halides is 4. The van der Waals surface area contributed by atoms with Crippen molar-refractivity contribution in [1.29, 1.82) is 0 Å². The van der Waals surface area contributed by atoms with Crippen LogP contribution < -0.4 is 0 Å². The maximum absolute atomic E-state index is 12.4. The molecule has 1 aromatic rings. The van der Waals surface area contributed by atoms with Crippen molar-refractivity contribution in [3.8, 4) is 0 Å². The standard InChI is InChI=1S/C12H15ClF3NO/c1-8-6-10(11(18)4-3-5-13)9(2)17(8)7-12(14,15)16/h6H,3-5,7H2,1-2H3. The second-order valence-corrected chi connectivity index (χ2v) is 4.58. The van der Waals surface area contributed by atoms with E-state index in [0.29, 0.717) is 29.3 Å². The van der Waals surface area contributed by atoms with Gasteiger partial charge in [0.2, 0.25) is 0 Å². The first-order valence-corrected chi connectivity index (χ1v) is 6.12. The third kappa shape index (κ3) is 3.77. The van der Waals surface area contributed by atoms with Gasteiger partial charge in [-0.15, -0.1) is 11.6 Å². The molecule has 1 heterocycles. The fourth-order valence-corrected chi connectivity index (χ4v) is 2.00. The molecule has 18 heavy (non-hydrogen) atoms. The average Bonchev–Trinajstić information content (AvgIpc) is 2.52. The van der Waals surface area contributed by atoms with Crippen LogP contribution in [-0.4, -0.2) is 22.4 Å². The fourth-order valence-electron chi connectivity index (χ4n) is 1.87. The predicted octanol–water partition coefficient (Wildman–Crippen LogP) is 3.87. The molecule has 0 bridgehead atoms. The number of halogens is 4. The van der Waals surface area contributed by atoms with E-state index in [1.54, 1.807) is 6.92 Å². The van der Waals surface area contributed by atoms with E-state index in [9.17, 15) is 18.0 Å². The number of rotatable bonds is 5. The van der Waals surface area contributed by atoms with Gasteiger partial charge in [-0.25, -0.2) is 0 Å². The number of aryl methyl sites for hydroxylation is 1. The van der Waals surface area contributed by atoms with Crippen molar-refractivity contribution in [2.75, 3.05) is 5.88 Å². The zero-order chi connectivity index (χ0) is 13.9. The summed E-state index contributed by atoms with van der Waals surface area (Å²) in [7, 11) is 0. The van der Waals surface area contributed by atoms with E-state index in [-0.39, 0.29) is 12.2 Å². The zero-order valence-electron chi connectivity index (χ0n) is 10.3. The van der Waals surface area contributed by atoms with Gasteiger partial charge in [-0.05, 0) is 26.3 Å². The van der Waals surface area contributed by atoms with Crippen LogP contribution in [-0.2, 0) is 6.54 Å². The molecule has 0 atom stereocenters. The molecule has 6 heteroatoms. The third-order valence-corrected chi connectivity index (χ3v) is 3.02. The molecule has 0 radical (unpaired) electrons. The normalized spacial score (nSPS) is 11.9. The van der Waals surface area contributed by atoms with Crippen molar-refractivity contribution in [3.05, 3.63) is 23.0 Å². The summed E-state index contributed by atoms with van der Waals surface area (Å²) < 4.78 is 38.3. The van der Waals surface area contributed by atoms with E-state index in [1.807, 2.05) is 0 Å². The highest BCUT2D eigenvalue weighted by molar-refractivity contribution is 6.18. The number of Topliss-reactive ketones (excluding diaryl/α,β-unsaturated/α-hetero) is 1. The Morgan fingerprint density at radius 1 is 1.39 bits per heavy atom. The first-order chi connectivity index (χ1) is 8.26. The quantitative estimate of drug-likeness (QED) is 0.593. The number of carbonyl (C=O) groups excluding carboxylic acids is 1. The summed E-state index contributed by atoms with van der Waals surface area (Å²) >= 11 is 5.49. The minimum atomic E-state index is -4.29. The van der Waals surface area contributed by atoms with E-state index in [2.05, 4.69) is 0 Å². The van der Waals surface area contributed by atoms with E-state index in [1.165, 1.54) is 13.0 Å². The highest BCUT2D eigenvalue weighted by Gasteiger charge is 2.30. The van der Waals surface area contributed by atoms with E-state index < -0.39 is 12.7 Å². The minimum Gasteiger partial charge on any atom is -0.339 e. The second kappa shape index (κ2) is 5.78. The molecule has 0 spiro atoms. The van der Waals surface area contributed by atoms with Crippen molar-refractivity contribution in [2.45, 2.75) is 39.4 Å². The Morgan fingerprint density at radius 2 is 2.00 bits per heavy atom. The monoisotopic (exact) mass is 281 g/mol. The van der Waals surface area contributed by atoms with Gasteiger partial charge in [0.05, 0.1) is 0 Å². The zero-order valence-corrected chi connectivity index (χ0v) is 11.0. The Balaban J connectivity index is 2.97. The first-order valence-electron chi connectivity index (χ1n) is 5.59. The summed E-state index contributed by atoms with van der Waals surface area (Å²) in [4.78, 5) is 11.8. The second-order valence-electron chi connectivity index (χ2n) is 4.20. The maximum Gasteiger partial charge on any atom is 0.406 e. The van der Waals surface area contributed by atoms with Crippen LogP contribution in [0.3, 0.4) is 0 Å². The fraction of sp³-hybridized carbons (Fsp3) is 0.583. The van der Waals surface area contributed by atoms with Gasteiger partial charge in [-0.3, -0.25) is 4.79 Å². The Labute approximate surface area is 109 Å². The highest BCUT2D eigenvalue weighted by Crippen LogP contribution is 2.24. The number of hydrogen-bond donors (Lipinski definition) is 0. The number of ketones is 1. The molecule has 0 saturated heterocycles. The van der Waals surface area contributed by atoms with Crippen LogP contribution in [0.1, 0.15) is 34.6 Å². The summed E-state index contributed by atoms with van der Waals surface area (Å²) in [6.07, 6.45) is -3.49. The minimum absolute atomic E-state index is 0.155. The molecule has 0 amide bonds. The molecule has 102 valence electrons. The predicted molar refractivity (Wildman–Crippen MR) is 64.2 cm³/mol. The number of carbonyl (C=O) groups is 1. The van der Waals surface area contributed by atoms with Gasteiger partial charge in [0.15, 0.2) is 5.78 Å². The van der Waals surface area contributed by atoms with Gasteiger partial charge in [-0.1, -0.05) is 0 Å². The Bertz CT molecular complexity index is 437. The Morgan fingerprint density at radius 3 is 2.50 bits per heavy atom. The number of nitrogens with zero attached hydrogens (tertiary/aromatic N) is 1. The lowest BCUT2D eigenvalue weighted by Crippen LogP contribution is -2.19. The average molecular weight is 282 g/mol. The Hall–Kier alpha value is -0.970. The van der Waals surface area contributed by atoms with Gasteiger partial charge in [0.1, 0.15) is 6.54 Å². The molecule has 0 fully saturated rings. The molecule has 0 N–H and O–H groups in total. The molecule has 0 aliphatic heterocycles. The van der Waals surface area contributed by atoms with Gasteiger partial charge in [0, 0.05) is 29.3 Å². The third-order valence-electron chi connectivity index (χ3n) is 2.75. The summed E-state index contributed by atoms with van der Waals surface area (Å²) in [5.74, 6) is 0.213. The molecule has 1 rings (SSSR count). The maximum atomic E-state index is 12.4. The van der Waals surface area contributed by atoms with Crippen LogP contribution in [0.25, 0.3) is 0 Å². The van der Waals surface area contributed by atoms with Gasteiger partial charge in [0.25, 0.3) is 0 Å². The van der Waals surface area contributed by atoms with E-state index >= 15 is 0 Å². The van der Waals surface area contributed by atoms with Gasteiger partial charge < -0.3 is 4.57 Å². The first kappa shape index (κ1) is 15.1. The van der Waals surface area contributed by atoms with E-state index in [4.69, 9.17) is 11.6 Å². The van der Waals surface area contributed by atoms with Crippen LogP contribution in [0.5, 0.6) is 0 Å². The SMILES string of the molecule is Cc1cc(C(=O)CCCCl)c(C)n1CC(F)(F)F. The lowest BCUT2D eigenvalue weighted by Gasteiger charge is -2.12. The molecule has 0 aliphatic rings. The van der Waals surface area contributed by atoms with Gasteiger partial charge >= 0.3 is 6.18 Å². The van der Waals surface area contributed by atoms with Crippen LogP contribution in [0.4, 0.5) is 13.2 Å². The van der Waals surface area contributed by atoms with Crippen molar-refractivity contribution in [2.24, 2.45) is 0 Å². The van der Waals surface area contributed by atoms with Gasteiger partial charge in [-0.2, -0.15) is 13.2 Å². The molecule has 0 unspecified atom stereocenters.